The van der Waals surface area contributed by atoms with E-state index in [4.69, 9.17) is 9.84 Å². The summed E-state index contributed by atoms with van der Waals surface area (Å²) in [6, 6.07) is 8.73. The number of carbonyl (C=O) groups is 1. The van der Waals surface area contributed by atoms with Crippen molar-refractivity contribution in [3.05, 3.63) is 64.8 Å². The maximum Gasteiger partial charge on any atom is 0.169 e. The molecular formula is C22H21FN2O3. The zero-order chi connectivity index (χ0) is 19.7. The molecule has 0 saturated heterocycles. The van der Waals surface area contributed by atoms with Crippen LogP contribution in [0.2, 0.25) is 0 Å². The van der Waals surface area contributed by atoms with E-state index in [0.29, 0.717) is 23.3 Å². The first-order valence-corrected chi connectivity index (χ1v) is 9.49. The quantitative estimate of drug-likeness (QED) is 0.768. The molecule has 1 N–H and O–H groups in total. The zero-order valence-electron chi connectivity index (χ0n) is 15.4. The number of ether oxygens (including phenoxy) is 1. The Hall–Kier alpha value is -2.75. The molecule has 1 aromatic rings. The number of aliphatic hydroxyl groups is 1. The third-order valence-corrected chi connectivity index (χ3v) is 5.16. The van der Waals surface area contributed by atoms with Crippen LogP contribution >= 0.6 is 0 Å². The number of nitriles is 1. The van der Waals surface area contributed by atoms with Gasteiger partial charge in [0.25, 0.3) is 0 Å². The number of fused-ring (bicyclic) bond motifs is 1. The van der Waals surface area contributed by atoms with Gasteiger partial charge in [-0.15, -0.1) is 0 Å². The molecule has 0 radical (unpaired) electrons. The number of benzene rings is 1. The maximum atomic E-state index is 13.9. The van der Waals surface area contributed by atoms with Crippen LogP contribution in [0.3, 0.4) is 0 Å². The monoisotopic (exact) mass is 380 g/mol. The summed E-state index contributed by atoms with van der Waals surface area (Å²) < 4.78 is 19.6. The number of carbonyl (C=O) groups excluding carboxylic acids is 1. The number of allylic oxidation sites excluding steroid dienone is 4. The van der Waals surface area contributed by atoms with Gasteiger partial charge < -0.3 is 14.7 Å². The third kappa shape index (κ3) is 3.51. The number of aliphatic hydroxyl groups excluding tert-OH is 1. The van der Waals surface area contributed by atoms with E-state index in [9.17, 15) is 14.4 Å². The molecular weight excluding hydrogens is 359 g/mol. The highest BCUT2D eigenvalue weighted by atomic mass is 19.1. The molecule has 1 fully saturated rings. The second kappa shape index (κ2) is 7.70. The Balaban J connectivity index is 1.81. The van der Waals surface area contributed by atoms with E-state index in [1.807, 2.05) is 11.1 Å². The number of rotatable bonds is 6. The first kappa shape index (κ1) is 18.6. The molecule has 144 valence electrons. The molecule has 6 heteroatoms. The fourth-order valence-electron chi connectivity index (χ4n) is 3.69. The molecule has 0 amide bonds. The van der Waals surface area contributed by atoms with Crippen LogP contribution in [-0.2, 0) is 9.53 Å². The molecule has 1 heterocycles. The van der Waals surface area contributed by atoms with E-state index in [-0.39, 0.29) is 37.3 Å². The first-order chi connectivity index (χ1) is 13.6. The average Bonchev–Trinajstić information content (AvgIpc) is 3.52. The Labute approximate surface area is 163 Å². The minimum atomic E-state index is -0.727. The average molecular weight is 380 g/mol. The summed E-state index contributed by atoms with van der Waals surface area (Å²) in [5, 5.41) is 18.8. The van der Waals surface area contributed by atoms with Crippen molar-refractivity contribution in [2.45, 2.75) is 37.8 Å². The standard InChI is InChI=1S/C22H21FN2O3/c23-16-4-1-3-14(9-16)22-18-11-21(28-8-2-7-26)20(27)10-15(18)13-25(17-5-6-17)19(22)12-24/h1,3-4,9,11,13,17,21,26H,2,5-8,10H2. The Morgan fingerprint density at radius 2 is 2.18 bits per heavy atom. The smallest absolute Gasteiger partial charge is 0.169 e. The predicted octanol–water partition coefficient (Wildman–Crippen LogP) is 3.09. The number of hydrogen-bond acceptors (Lipinski definition) is 5. The lowest BCUT2D eigenvalue weighted by Gasteiger charge is -2.33. The van der Waals surface area contributed by atoms with E-state index < -0.39 is 6.10 Å². The van der Waals surface area contributed by atoms with Crippen molar-refractivity contribution < 1.29 is 19.0 Å². The van der Waals surface area contributed by atoms with E-state index in [1.54, 1.807) is 18.2 Å². The Morgan fingerprint density at radius 1 is 1.36 bits per heavy atom. The van der Waals surface area contributed by atoms with Gasteiger partial charge in [0.15, 0.2) is 5.78 Å². The van der Waals surface area contributed by atoms with E-state index in [0.717, 1.165) is 24.0 Å². The summed E-state index contributed by atoms with van der Waals surface area (Å²) in [7, 11) is 0. The first-order valence-electron chi connectivity index (χ1n) is 9.49. The highest BCUT2D eigenvalue weighted by molar-refractivity contribution is 5.98. The van der Waals surface area contributed by atoms with Crippen LogP contribution in [0.4, 0.5) is 4.39 Å². The third-order valence-electron chi connectivity index (χ3n) is 5.16. The van der Waals surface area contributed by atoms with E-state index in [2.05, 4.69) is 6.07 Å². The molecule has 0 spiro atoms. The van der Waals surface area contributed by atoms with Crippen molar-refractivity contribution in [3.63, 3.8) is 0 Å². The molecule has 1 aromatic carbocycles. The van der Waals surface area contributed by atoms with Gasteiger partial charge in [-0.2, -0.15) is 5.26 Å². The Kier molecular flexibility index (Phi) is 5.12. The number of ketones is 1. The Morgan fingerprint density at radius 3 is 2.86 bits per heavy atom. The van der Waals surface area contributed by atoms with Crippen LogP contribution in [0, 0.1) is 17.1 Å². The predicted molar refractivity (Wildman–Crippen MR) is 101 cm³/mol. The molecule has 5 nitrogen and oxygen atoms in total. The Bertz CT molecular complexity index is 937. The molecule has 0 bridgehead atoms. The lowest BCUT2D eigenvalue weighted by atomic mass is 9.81. The molecule has 1 unspecified atom stereocenters. The van der Waals surface area contributed by atoms with Crippen molar-refractivity contribution in [1.82, 2.24) is 4.90 Å². The summed E-state index contributed by atoms with van der Waals surface area (Å²) in [5.74, 6) is -0.428. The second-order valence-electron chi connectivity index (χ2n) is 7.23. The fraction of sp³-hybridized carbons (Fsp3) is 0.364. The van der Waals surface area contributed by atoms with Gasteiger partial charge in [0.1, 0.15) is 23.7 Å². The van der Waals surface area contributed by atoms with Crippen molar-refractivity contribution >= 4 is 11.4 Å². The number of halogens is 1. The van der Waals surface area contributed by atoms with Gasteiger partial charge in [-0.1, -0.05) is 12.1 Å². The molecule has 2 aliphatic carbocycles. The van der Waals surface area contributed by atoms with Crippen LogP contribution in [0.5, 0.6) is 0 Å². The van der Waals surface area contributed by atoms with Crippen molar-refractivity contribution in [3.8, 4) is 6.07 Å². The normalized spacial score (nSPS) is 21.8. The molecule has 1 atom stereocenters. The number of Topliss-reactive ketones (excluding diaryl/α,β-unsaturated/α-hetero) is 1. The lowest BCUT2D eigenvalue weighted by Crippen LogP contribution is -2.32. The largest absolute Gasteiger partial charge is 0.396 e. The van der Waals surface area contributed by atoms with Gasteiger partial charge in [0.2, 0.25) is 0 Å². The molecule has 1 saturated carbocycles. The summed E-state index contributed by atoms with van der Waals surface area (Å²) in [6.07, 6.45) is 5.53. The maximum absolute atomic E-state index is 13.9. The second-order valence-corrected chi connectivity index (χ2v) is 7.23. The fourth-order valence-corrected chi connectivity index (χ4v) is 3.69. The van der Waals surface area contributed by atoms with Gasteiger partial charge in [-0.05, 0) is 54.2 Å². The van der Waals surface area contributed by atoms with E-state index >= 15 is 0 Å². The van der Waals surface area contributed by atoms with Gasteiger partial charge in [0, 0.05) is 30.8 Å². The minimum absolute atomic E-state index is 0.00793. The number of nitrogens with zero attached hydrogens (tertiary/aromatic N) is 2. The highest BCUT2D eigenvalue weighted by Crippen LogP contribution is 2.44. The molecule has 3 aliphatic rings. The molecule has 28 heavy (non-hydrogen) atoms. The summed E-state index contributed by atoms with van der Waals surface area (Å²) in [4.78, 5) is 14.5. The molecule has 4 rings (SSSR count). The topological polar surface area (TPSA) is 73.6 Å². The van der Waals surface area contributed by atoms with Crippen LogP contribution in [0.25, 0.3) is 5.57 Å². The van der Waals surface area contributed by atoms with Gasteiger partial charge in [0.05, 0.1) is 6.61 Å². The number of hydrogen-bond donors (Lipinski definition) is 1. The van der Waals surface area contributed by atoms with Crippen LogP contribution < -0.4 is 0 Å². The van der Waals surface area contributed by atoms with Crippen LogP contribution in [0.15, 0.2) is 53.4 Å². The van der Waals surface area contributed by atoms with Gasteiger partial charge in [-0.3, -0.25) is 4.79 Å². The summed E-state index contributed by atoms with van der Waals surface area (Å²) >= 11 is 0. The zero-order valence-corrected chi connectivity index (χ0v) is 15.4. The van der Waals surface area contributed by atoms with Gasteiger partial charge in [-0.25, -0.2) is 4.39 Å². The van der Waals surface area contributed by atoms with Crippen LogP contribution in [-0.4, -0.2) is 41.1 Å². The molecule has 0 aromatic heterocycles. The minimum Gasteiger partial charge on any atom is -0.396 e. The van der Waals surface area contributed by atoms with Gasteiger partial charge >= 0.3 is 0 Å². The highest BCUT2D eigenvalue weighted by Gasteiger charge is 2.38. The lowest BCUT2D eigenvalue weighted by molar-refractivity contribution is -0.127. The van der Waals surface area contributed by atoms with Crippen molar-refractivity contribution in [1.29, 1.82) is 5.26 Å². The summed E-state index contributed by atoms with van der Waals surface area (Å²) in [6.45, 7) is 0.264. The summed E-state index contributed by atoms with van der Waals surface area (Å²) in [5.41, 5.74) is 3.33. The van der Waals surface area contributed by atoms with E-state index in [1.165, 1.54) is 12.1 Å². The van der Waals surface area contributed by atoms with Crippen molar-refractivity contribution in [2.24, 2.45) is 0 Å². The van der Waals surface area contributed by atoms with Crippen molar-refractivity contribution in [2.75, 3.05) is 13.2 Å². The SMILES string of the molecule is N#CC1=C(c2cccc(F)c2)C2=CC(OCCCO)C(=O)CC2=CN1C1CC1. The van der Waals surface area contributed by atoms with Crippen LogP contribution in [0.1, 0.15) is 31.2 Å². The molecule has 1 aliphatic heterocycles.